The normalized spacial score (nSPS) is 11.6. The number of hydrogen-bond donors (Lipinski definition) is 1. The molecule has 1 unspecified atom stereocenters. The summed E-state index contributed by atoms with van der Waals surface area (Å²) in [6, 6.07) is 15.5. The number of nitrogens with one attached hydrogen (secondary N) is 1. The average molecular weight is 411 g/mol. The van der Waals surface area contributed by atoms with Gasteiger partial charge in [0.1, 0.15) is 11.8 Å². The second-order valence-corrected chi connectivity index (χ2v) is 7.36. The third-order valence-electron chi connectivity index (χ3n) is 5.28. The lowest BCUT2D eigenvalue weighted by atomic mass is 10.0. The molecule has 2 aromatic carbocycles. The Hall–Kier alpha value is -2.82. The van der Waals surface area contributed by atoms with Gasteiger partial charge in [0, 0.05) is 19.5 Å². The highest BCUT2D eigenvalue weighted by molar-refractivity contribution is 5.87. The first kappa shape index (κ1) is 23.5. The van der Waals surface area contributed by atoms with Gasteiger partial charge in [0.15, 0.2) is 0 Å². The lowest BCUT2D eigenvalue weighted by Crippen LogP contribution is -2.49. The SMILES string of the molecule is CCNC(=O)C(CC)N(Cc1cccc(OC)c1)C(=O)CCc1ccc(CC)cc1. The van der Waals surface area contributed by atoms with Crippen molar-refractivity contribution in [2.45, 2.75) is 59.0 Å². The van der Waals surface area contributed by atoms with Gasteiger partial charge in [0.25, 0.3) is 0 Å². The molecule has 0 fully saturated rings. The van der Waals surface area contributed by atoms with Crippen LogP contribution in [-0.2, 0) is 29.0 Å². The van der Waals surface area contributed by atoms with Crippen LogP contribution in [0.2, 0.25) is 0 Å². The van der Waals surface area contributed by atoms with Gasteiger partial charge in [-0.2, -0.15) is 0 Å². The van der Waals surface area contributed by atoms with Crippen LogP contribution in [0.25, 0.3) is 0 Å². The van der Waals surface area contributed by atoms with Gasteiger partial charge in [-0.15, -0.1) is 0 Å². The monoisotopic (exact) mass is 410 g/mol. The minimum absolute atomic E-state index is 0.0181. The van der Waals surface area contributed by atoms with Crippen molar-refractivity contribution >= 4 is 11.8 Å². The van der Waals surface area contributed by atoms with E-state index in [1.807, 2.05) is 38.1 Å². The van der Waals surface area contributed by atoms with Gasteiger partial charge in [-0.1, -0.05) is 50.2 Å². The summed E-state index contributed by atoms with van der Waals surface area (Å²) in [6.07, 6.45) is 2.58. The van der Waals surface area contributed by atoms with Crippen LogP contribution in [0, 0.1) is 0 Å². The molecule has 0 radical (unpaired) electrons. The first-order chi connectivity index (χ1) is 14.5. The van der Waals surface area contributed by atoms with E-state index in [9.17, 15) is 9.59 Å². The largest absolute Gasteiger partial charge is 0.497 e. The van der Waals surface area contributed by atoms with Gasteiger partial charge in [-0.3, -0.25) is 9.59 Å². The molecule has 2 aromatic rings. The third-order valence-corrected chi connectivity index (χ3v) is 5.28. The number of amides is 2. The molecule has 2 amide bonds. The van der Waals surface area contributed by atoms with Crippen molar-refractivity contribution in [1.82, 2.24) is 10.2 Å². The van der Waals surface area contributed by atoms with E-state index in [-0.39, 0.29) is 11.8 Å². The zero-order chi connectivity index (χ0) is 21.9. The number of carbonyl (C=O) groups excluding carboxylic acids is 2. The summed E-state index contributed by atoms with van der Waals surface area (Å²) in [6.45, 7) is 6.87. The number of aryl methyl sites for hydroxylation is 2. The number of hydrogen-bond acceptors (Lipinski definition) is 3. The van der Waals surface area contributed by atoms with E-state index in [0.29, 0.717) is 32.4 Å². The number of rotatable bonds is 11. The smallest absolute Gasteiger partial charge is 0.242 e. The lowest BCUT2D eigenvalue weighted by molar-refractivity contribution is -0.141. The van der Waals surface area contributed by atoms with Crippen molar-refractivity contribution in [1.29, 1.82) is 0 Å². The lowest BCUT2D eigenvalue weighted by Gasteiger charge is -2.30. The van der Waals surface area contributed by atoms with E-state index in [2.05, 4.69) is 36.5 Å². The van der Waals surface area contributed by atoms with Crippen LogP contribution in [0.4, 0.5) is 0 Å². The van der Waals surface area contributed by atoms with Crippen LogP contribution in [0.15, 0.2) is 48.5 Å². The Kier molecular flexibility index (Phi) is 9.39. The molecule has 1 N–H and O–H groups in total. The highest BCUT2D eigenvalue weighted by atomic mass is 16.5. The van der Waals surface area contributed by atoms with Crippen LogP contribution in [-0.4, -0.2) is 36.4 Å². The Balaban J connectivity index is 2.18. The van der Waals surface area contributed by atoms with Crippen LogP contribution in [0.5, 0.6) is 5.75 Å². The van der Waals surface area contributed by atoms with E-state index in [1.54, 1.807) is 12.0 Å². The van der Waals surface area contributed by atoms with Crippen LogP contribution in [0.3, 0.4) is 0 Å². The molecule has 1 atom stereocenters. The standard InChI is InChI=1S/C25H34N2O3/c1-5-19-11-13-20(14-12-19)15-16-24(28)27(23(6-2)25(29)26-7-3)18-21-9-8-10-22(17-21)30-4/h8-14,17,23H,5-7,15-16,18H2,1-4H3,(H,26,29). The summed E-state index contributed by atoms with van der Waals surface area (Å²) in [5, 5.41) is 2.87. The highest BCUT2D eigenvalue weighted by Gasteiger charge is 2.28. The quantitative estimate of drug-likeness (QED) is 0.606. The van der Waals surface area contributed by atoms with E-state index in [0.717, 1.165) is 23.3 Å². The van der Waals surface area contributed by atoms with Gasteiger partial charge in [0.2, 0.25) is 11.8 Å². The van der Waals surface area contributed by atoms with Gasteiger partial charge in [-0.05, 0) is 55.0 Å². The van der Waals surface area contributed by atoms with E-state index in [4.69, 9.17) is 4.74 Å². The summed E-state index contributed by atoms with van der Waals surface area (Å²) in [5.41, 5.74) is 3.36. The zero-order valence-electron chi connectivity index (χ0n) is 18.6. The van der Waals surface area contributed by atoms with Crippen LogP contribution < -0.4 is 10.1 Å². The molecular formula is C25H34N2O3. The molecule has 0 aliphatic carbocycles. The number of benzene rings is 2. The molecular weight excluding hydrogens is 376 g/mol. The first-order valence-corrected chi connectivity index (χ1v) is 10.8. The van der Waals surface area contributed by atoms with E-state index in [1.165, 1.54) is 5.56 Å². The topological polar surface area (TPSA) is 58.6 Å². The summed E-state index contributed by atoms with van der Waals surface area (Å²) in [4.78, 5) is 27.6. The predicted molar refractivity (Wildman–Crippen MR) is 120 cm³/mol. The molecule has 30 heavy (non-hydrogen) atoms. The molecule has 0 aliphatic heterocycles. The first-order valence-electron chi connectivity index (χ1n) is 10.8. The maximum atomic E-state index is 13.2. The predicted octanol–water partition coefficient (Wildman–Crippen LogP) is 4.13. The highest BCUT2D eigenvalue weighted by Crippen LogP contribution is 2.19. The molecule has 0 saturated heterocycles. The van der Waals surface area contributed by atoms with Gasteiger partial charge < -0.3 is 15.0 Å². The van der Waals surface area contributed by atoms with Crippen molar-refractivity contribution < 1.29 is 14.3 Å². The van der Waals surface area contributed by atoms with Gasteiger partial charge in [-0.25, -0.2) is 0 Å². The number of carbonyl (C=O) groups is 2. The molecule has 5 nitrogen and oxygen atoms in total. The van der Waals surface area contributed by atoms with Gasteiger partial charge in [0.05, 0.1) is 7.11 Å². The Morgan fingerprint density at radius 3 is 2.30 bits per heavy atom. The molecule has 2 rings (SSSR count). The van der Waals surface area contributed by atoms with E-state index >= 15 is 0 Å². The maximum Gasteiger partial charge on any atom is 0.242 e. The number of nitrogens with zero attached hydrogens (tertiary/aromatic N) is 1. The second-order valence-electron chi connectivity index (χ2n) is 7.36. The molecule has 0 saturated carbocycles. The van der Waals surface area contributed by atoms with Crippen molar-refractivity contribution in [3.8, 4) is 5.75 Å². The Labute approximate surface area is 180 Å². The minimum atomic E-state index is -0.494. The minimum Gasteiger partial charge on any atom is -0.497 e. The fraction of sp³-hybridized carbons (Fsp3) is 0.440. The summed E-state index contributed by atoms with van der Waals surface area (Å²) >= 11 is 0. The summed E-state index contributed by atoms with van der Waals surface area (Å²) in [5.74, 6) is 0.612. The number of likely N-dealkylation sites (N-methyl/N-ethyl adjacent to an activating group) is 1. The Morgan fingerprint density at radius 1 is 1.00 bits per heavy atom. The fourth-order valence-electron chi connectivity index (χ4n) is 3.52. The molecule has 5 heteroatoms. The average Bonchev–Trinajstić information content (AvgIpc) is 2.78. The Morgan fingerprint density at radius 2 is 1.70 bits per heavy atom. The summed E-state index contributed by atoms with van der Waals surface area (Å²) < 4.78 is 5.31. The molecule has 0 heterocycles. The van der Waals surface area contributed by atoms with Crippen LogP contribution >= 0.6 is 0 Å². The van der Waals surface area contributed by atoms with Crippen molar-refractivity contribution in [3.05, 3.63) is 65.2 Å². The summed E-state index contributed by atoms with van der Waals surface area (Å²) in [7, 11) is 1.62. The van der Waals surface area contributed by atoms with E-state index < -0.39 is 6.04 Å². The van der Waals surface area contributed by atoms with Crippen LogP contribution in [0.1, 0.15) is 50.3 Å². The Bertz CT molecular complexity index is 817. The van der Waals surface area contributed by atoms with Crippen molar-refractivity contribution in [3.63, 3.8) is 0 Å². The molecule has 0 spiro atoms. The molecule has 0 bridgehead atoms. The fourth-order valence-corrected chi connectivity index (χ4v) is 3.52. The maximum absolute atomic E-state index is 13.2. The zero-order valence-corrected chi connectivity index (χ0v) is 18.6. The molecule has 162 valence electrons. The van der Waals surface area contributed by atoms with Crippen molar-refractivity contribution in [2.24, 2.45) is 0 Å². The molecule has 0 aromatic heterocycles. The number of methoxy groups -OCH3 is 1. The third kappa shape index (κ3) is 6.61. The van der Waals surface area contributed by atoms with Gasteiger partial charge >= 0.3 is 0 Å². The second kappa shape index (κ2) is 12.0. The number of ether oxygens (including phenoxy) is 1. The van der Waals surface area contributed by atoms with Crippen molar-refractivity contribution in [2.75, 3.05) is 13.7 Å². The molecule has 0 aliphatic rings.